The first-order chi connectivity index (χ1) is 28.3. The van der Waals surface area contributed by atoms with Crippen molar-refractivity contribution in [3.05, 3.63) is 218 Å². The van der Waals surface area contributed by atoms with Crippen molar-refractivity contribution in [3.63, 3.8) is 0 Å². The summed E-state index contributed by atoms with van der Waals surface area (Å²) in [6.07, 6.45) is 1.25. The van der Waals surface area contributed by atoms with Gasteiger partial charge in [-0.15, -0.1) is 0 Å². The van der Waals surface area contributed by atoms with Gasteiger partial charge in [-0.3, -0.25) is 0 Å². The summed E-state index contributed by atoms with van der Waals surface area (Å²) in [6.45, 7) is 28.2. The van der Waals surface area contributed by atoms with Crippen molar-refractivity contribution in [1.82, 2.24) is 0 Å². The summed E-state index contributed by atoms with van der Waals surface area (Å²) in [6, 6.07) is 75.1. The molecule has 0 aliphatic heterocycles. The Bertz CT molecular complexity index is 1400. The summed E-state index contributed by atoms with van der Waals surface area (Å²) >= 11 is 0. The van der Waals surface area contributed by atoms with Gasteiger partial charge in [-0.25, -0.2) is 0 Å². The van der Waals surface area contributed by atoms with E-state index < -0.39 is 0 Å². The van der Waals surface area contributed by atoms with Gasteiger partial charge in [0.05, 0.1) is 0 Å². The van der Waals surface area contributed by atoms with Crippen molar-refractivity contribution < 1.29 is 32.7 Å². The van der Waals surface area contributed by atoms with Crippen molar-refractivity contribution in [2.24, 2.45) is 0 Å². The third-order valence-electron chi connectivity index (χ3n) is 6.19. The molecule has 8 aromatic rings. The summed E-state index contributed by atoms with van der Waals surface area (Å²) in [4.78, 5) is 0. The molecule has 0 spiro atoms. The minimum Gasteiger partial charge on any atom is -0.184 e. The zero-order valence-corrected chi connectivity index (χ0v) is 41.8. The van der Waals surface area contributed by atoms with E-state index in [0.717, 1.165) is 0 Å². The molecule has 0 aliphatic carbocycles. The number of benzene rings is 8. The van der Waals surface area contributed by atoms with E-state index >= 15 is 0 Å². The van der Waals surface area contributed by atoms with Crippen LogP contribution in [0.3, 0.4) is 0 Å². The van der Waals surface area contributed by atoms with Gasteiger partial charge in [0.25, 0.3) is 0 Å². The average molecular weight is 852 g/mol. The van der Waals surface area contributed by atoms with Crippen LogP contribution in [-0.4, -0.2) is 0 Å². The van der Waals surface area contributed by atoms with Gasteiger partial charge in [-0.2, -0.15) is 72.8 Å². The van der Waals surface area contributed by atoms with Crippen LogP contribution >= 0.6 is 0 Å². The fraction of sp³-hybridized carbons (Fsp3) is 0.263. The molecule has 0 fully saturated rings. The Balaban J connectivity index is -0.000000188. The molecule has 0 bridgehead atoms. The van der Waals surface area contributed by atoms with E-state index in [0.29, 0.717) is 0 Å². The zero-order chi connectivity index (χ0) is 43.6. The maximum Gasteiger partial charge on any atom is 0 e. The summed E-state index contributed by atoms with van der Waals surface area (Å²) in [7, 11) is 0. The van der Waals surface area contributed by atoms with Gasteiger partial charge in [0, 0.05) is 32.7 Å². The van der Waals surface area contributed by atoms with E-state index in [-0.39, 0.29) is 32.7 Å². The minimum absolute atomic E-state index is 0. The molecule has 58 heavy (non-hydrogen) atoms. The summed E-state index contributed by atoms with van der Waals surface area (Å²) in [5.74, 6) is 0. The predicted octanol–water partition coefficient (Wildman–Crippen LogP) is 19.1. The van der Waals surface area contributed by atoms with Crippen LogP contribution in [0.2, 0.25) is 0 Å². The Kier molecular flexibility index (Phi) is 59.3. The Hall–Kier alpha value is -4.36. The maximum atomic E-state index is 2.89. The van der Waals surface area contributed by atoms with Crippen LogP contribution in [-0.2, 0) is 32.7 Å². The molecule has 311 valence electrons. The van der Waals surface area contributed by atoms with Crippen molar-refractivity contribution >= 4 is 32.3 Å². The van der Waals surface area contributed by atoms with E-state index in [1.165, 1.54) is 38.7 Å². The molecule has 0 saturated carbocycles. The monoisotopic (exact) mass is 852 g/mol. The molecule has 1 radical (unpaired) electrons. The third kappa shape index (κ3) is 34.9. The molecule has 0 amide bonds. The number of hydrogen-bond acceptors (Lipinski definition) is 0. The molecule has 0 heterocycles. The van der Waals surface area contributed by atoms with Crippen LogP contribution < -0.4 is 0 Å². The molecule has 0 nitrogen and oxygen atoms in total. The topological polar surface area (TPSA) is 0 Å². The Morgan fingerprint density at radius 1 is 0.241 bits per heavy atom. The number of hydrogen-bond donors (Lipinski definition) is 0. The molecular formula is C57H78Y-2. The molecule has 1 heteroatoms. The second-order valence-electron chi connectivity index (χ2n) is 9.90. The van der Waals surface area contributed by atoms with Crippen molar-refractivity contribution in [2.45, 2.75) is 103 Å². The molecule has 8 aromatic carbocycles. The van der Waals surface area contributed by atoms with Gasteiger partial charge in [-0.1, -0.05) is 249 Å². The van der Waals surface area contributed by atoms with E-state index in [9.17, 15) is 0 Å². The third-order valence-corrected chi connectivity index (χ3v) is 6.19. The zero-order valence-electron chi connectivity index (χ0n) is 38.9. The van der Waals surface area contributed by atoms with Crippen molar-refractivity contribution in [1.29, 1.82) is 0 Å². The smallest absolute Gasteiger partial charge is 0 e. The standard InChI is InChI=1S/3C10H8.2C6H5.C3H8.6C2H6.Y/c3*1-2-6-10-8-4-3-7-9(10)5-1;2*1-2-4-6-5-3-1;1-3-2;6*1-2;/h3*1-8H;2*1-5H;3H2,1-2H3;6*1-2H3;/q;;;2*-1;;;;;;;;. The minimum atomic E-state index is 0. The number of fused-ring (bicyclic) bond motifs is 3. The first-order valence-electron chi connectivity index (χ1n) is 21.4. The molecule has 0 N–H and O–H groups in total. The quantitative estimate of drug-likeness (QED) is 0.133. The SMILES string of the molecule is CC.CC.CC.CC.CC.CC.CCC.[Y].[c-]1ccccc1.[c-]1ccccc1.c1ccc2ccccc2c1.c1ccc2ccccc2c1.c1ccc2ccccc2c1. The fourth-order valence-corrected chi connectivity index (χ4v) is 4.08. The van der Waals surface area contributed by atoms with E-state index in [4.69, 9.17) is 0 Å². The van der Waals surface area contributed by atoms with Crippen molar-refractivity contribution in [2.75, 3.05) is 0 Å². The molecular weight excluding hydrogens is 774 g/mol. The van der Waals surface area contributed by atoms with Crippen LogP contribution in [0.1, 0.15) is 103 Å². The van der Waals surface area contributed by atoms with Crippen LogP contribution in [0.25, 0.3) is 32.3 Å². The van der Waals surface area contributed by atoms with Gasteiger partial charge in [-0.05, 0) is 32.3 Å². The van der Waals surface area contributed by atoms with Gasteiger partial charge >= 0.3 is 0 Å². The summed E-state index contributed by atoms with van der Waals surface area (Å²) in [5, 5.41) is 7.86. The van der Waals surface area contributed by atoms with Crippen LogP contribution in [0, 0.1) is 12.1 Å². The second kappa shape index (κ2) is 54.7. The maximum absolute atomic E-state index is 2.89. The Morgan fingerprint density at radius 3 is 0.431 bits per heavy atom. The summed E-state index contributed by atoms with van der Waals surface area (Å²) in [5.41, 5.74) is 0. The van der Waals surface area contributed by atoms with Gasteiger partial charge in [0.2, 0.25) is 0 Å². The van der Waals surface area contributed by atoms with E-state index in [1.54, 1.807) is 0 Å². The van der Waals surface area contributed by atoms with E-state index in [1.807, 2.05) is 144 Å². The normalized spacial score (nSPS) is 7.76. The van der Waals surface area contributed by atoms with Crippen LogP contribution in [0.5, 0.6) is 0 Å². The molecule has 0 aromatic heterocycles. The van der Waals surface area contributed by atoms with Gasteiger partial charge < -0.3 is 0 Å². The molecule has 8 rings (SSSR count). The van der Waals surface area contributed by atoms with Gasteiger partial charge in [0.1, 0.15) is 0 Å². The first kappa shape index (κ1) is 62.8. The average Bonchev–Trinajstić information content (AvgIpc) is 3.35. The fourth-order valence-electron chi connectivity index (χ4n) is 4.08. The van der Waals surface area contributed by atoms with Crippen LogP contribution in [0.4, 0.5) is 0 Å². The Labute approximate surface area is 384 Å². The summed E-state index contributed by atoms with van der Waals surface area (Å²) < 4.78 is 0. The van der Waals surface area contributed by atoms with Crippen LogP contribution in [0.15, 0.2) is 206 Å². The predicted molar refractivity (Wildman–Crippen MR) is 266 cm³/mol. The molecule has 0 saturated heterocycles. The number of rotatable bonds is 0. The molecule has 0 aliphatic rings. The second-order valence-corrected chi connectivity index (χ2v) is 9.90. The van der Waals surface area contributed by atoms with Crippen molar-refractivity contribution in [3.8, 4) is 0 Å². The van der Waals surface area contributed by atoms with E-state index in [2.05, 4.69) is 172 Å². The Morgan fingerprint density at radius 2 is 0.362 bits per heavy atom. The van der Waals surface area contributed by atoms with Gasteiger partial charge in [0.15, 0.2) is 0 Å². The largest absolute Gasteiger partial charge is 0.184 e. The first-order valence-corrected chi connectivity index (χ1v) is 21.4. The molecule has 0 unspecified atom stereocenters. The molecule has 0 atom stereocenters.